The predicted molar refractivity (Wildman–Crippen MR) is 119 cm³/mol. The second kappa shape index (κ2) is 7.66. The fourth-order valence-electron chi connectivity index (χ4n) is 5.18. The minimum atomic E-state index is -0.311. The summed E-state index contributed by atoms with van der Waals surface area (Å²) >= 11 is 0. The summed E-state index contributed by atoms with van der Waals surface area (Å²) < 4.78 is 13.5. The molecule has 1 aromatic heterocycles. The molecule has 0 spiro atoms. The van der Waals surface area contributed by atoms with Crippen molar-refractivity contribution in [3.63, 3.8) is 0 Å². The molecule has 7 nitrogen and oxygen atoms in total. The second-order valence-electron chi connectivity index (χ2n) is 8.27. The lowest BCUT2D eigenvalue weighted by Gasteiger charge is -2.20. The number of hydrogen-bond donors (Lipinski definition) is 1. The van der Waals surface area contributed by atoms with E-state index in [-0.39, 0.29) is 11.8 Å². The largest absolute Gasteiger partial charge is 0.496 e. The highest BCUT2D eigenvalue weighted by Crippen LogP contribution is 2.45. The molecule has 5 rings (SSSR count). The van der Waals surface area contributed by atoms with Gasteiger partial charge < -0.3 is 14.0 Å². The number of nitrogens with one attached hydrogen (secondary N) is 1. The number of likely N-dealkylation sites (N-methyl/N-ethyl adjacent to an activating group) is 1. The molecule has 1 N–H and O–H groups in total. The SMILES string of the molecule is CCOCCN(C)Cn1c2cccc(OC)c2c2c3c(c4c(c21)CCC4)C(=O)NC3=O. The molecule has 0 saturated carbocycles. The van der Waals surface area contributed by atoms with Crippen LogP contribution in [0.1, 0.15) is 45.2 Å². The molecule has 2 aliphatic rings. The first-order chi connectivity index (χ1) is 15.1. The van der Waals surface area contributed by atoms with Gasteiger partial charge >= 0.3 is 0 Å². The molecule has 1 aliphatic heterocycles. The van der Waals surface area contributed by atoms with E-state index in [1.165, 1.54) is 5.56 Å². The lowest BCUT2D eigenvalue weighted by molar-refractivity contribution is 0.0880. The van der Waals surface area contributed by atoms with Crippen LogP contribution in [0.4, 0.5) is 0 Å². The molecular formula is C24H27N3O4. The average Bonchev–Trinajstić information content (AvgIpc) is 3.43. The number of carbonyl (C=O) groups excluding carboxylic acids is 2. The molecule has 0 atom stereocenters. The van der Waals surface area contributed by atoms with Gasteiger partial charge in [0.2, 0.25) is 0 Å². The van der Waals surface area contributed by atoms with Crippen LogP contribution in [0.2, 0.25) is 0 Å². The van der Waals surface area contributed by atoms with Crippen molar-refractivity contribution < 1.29 is 19.1 Å². The monoisotopic (exact) mass is 421 g/mol. The number of fused-ring (bicyclic) bond motifs is 8. The quantitative estimate of drug-likeness (QED) is 0.469. The third kappa shape index (κ3) is 2.95. The molecule has 7 heteroatoms. The lowest BCUT2D eigenvalue weighted by Crippen LogP contribution is -2.26. The molecule has 0 saturated heterocycles. The smallest absolute Gasteiger partial charge is 0.259 e. The van der Waals surface area contributed by atoms with Gasteiger partial charge in [0.05, 0.1) is 47.9 Å². The van der Waals surface area contributed by atoms with E-state index >= 15 is 0 Å². The topological polar surface area (TPSA) is 72.8 Å². The van der Waals surface area contributed by atoms with Crippen LogP contribution in [-0.2, 0) is 24.2 Å². The molecule has 0 bridgehead atoms. The Hall–Kier alpha value is -2.90. The number of ether oxygens (including phenoxy) is 2. The van der Waals surface area contributed by atoms with Gasteiger partial charge in [-0.05, 0) is 56.5 Å². The van der Waals surface area contributed by atoms with Gasteiger partial charge in [-0.3, -0.25) is 19.8 Å². The van der Waals surface area contributed by atoms with E-state index in [9.17, 15) is 9.59 Å². The summed E-state index contributed by atoms with van der Waals surface area (Å²) in [7, 11) is 3.71. The van der Waals surface area contributed by atoms with Crippen LogP contribution in [0.3, 0.4) is 0 Å². The fourth-order valence-corrected chi connectivity index (χ4v) is 5.18. The molecule has 0 unspecified atom stereocenters. The lowest BCUT2D eigenvalue weighted by atomic mass is 9.93. The Morgan fingerprint density at radius 1 is 1.10 bits per heavy atom. The Kier molecular flexibility index (Phi) is 4.95. The highest BCUT2D eigenvalue weighted by Gasteiger charge is 2.38. The van der Waals surface area contributed by atoms with Crippen molar-refractivity contribution in [2.45, 2.75) is 32.9 Å². The van der Waals surface area contributed by atoms with Crippen LogP contribution in [0.25, 0.3) is 21.8 Å². The van der Waals surface area contributed by atoms with Crippen LogP contribution in [0.5, 0.6) is 5.75 Å². The summed E-state index contributed by atoms with van der Waals surface area (Å²) in [5, 5.41) is 4.27. The van der Waals surface area contributed by atoms with Crippen LogP contribution in [0, 0.1) is 0 Å². The minimum absolute atomic E-state index is 0.273. The maximum Gasteiger partial charge on any atom is 0.259 e. The molecule has 0 fully saturated rings. The number of rotatable bonds is 7. The summed E-state index contributed by atoms with van der Waals surface area (Å²) in [6.45, 7) is 4.81. The van der Waals surface area contributed by atoms with Gasteiger partial charge in [-0.2, -0.15) is 0 Å². The molecule has 0 radical (unpaired) electrons. The van der Waals surface area contributed by atoms with Gasteiger partial charge in [0, 0.05) is 18.5 Å². The van der Waals surface area contributed by atoms with Gasteiger partial charge in [0.1, 0.15) is 5.75 Å². The number of aromatic nitrogens is 1. The first kappa shape index (κ1) is 20.0. The van der Waals surface area contributed by atoms with Gasteiger partial charge in [-0.1, -0.05) is 6.07 Å². The normalized spacial score (nSPS) is 15.2. The van der Waals surface area contributed by atoms with Crippen molar-refractivity contribution in [2.75, 3.05) is 33.9 Å². The molecular weight excluding hydrogens is 394 g/mol. The van der Waals surface area contributed by atoms with E-state index in [1.807, 2.05) is 19.1 Å². The zero-order valence-electron chi connectivity index (χ0n) is 18.2. The average molecular weight is 421 g/mol. The fraction of sp³-hybridized carbons (Fsp3) is 0.417. The Balaban J connectivity index is 1.83. The van der Waals surface area contributed by atoms with Gasteiger partial charge in [-0.25, -0.2) is 0 Å². The van der Waals surface area contributed by atoms with Crippen LogP contribution in [0.15, 0.2) is 18.2 Å². The maximum atomic E-state index is 12.9. The van der Waals surface area contributed by atoms with Crippen molar-refractivity contribution in [1.82, 2.24) is 14.8 Å². The van der Waals surface area contributed by atoms with Crippen molar-refractivity contribution in [3.05, 3.63) is 40.5 Å². The zero-order chi connectivity index (χ0) is 21.7. The van der Waals surface area contributed by atoms with Gasteiger partial charge in [0.15, 0.2) is 0 Å². The summed E-state index contributed by atoms with van der Waals surface area (Å²) in [5.41, 5.74) is 5.36. The number of methoxy groups -OCH3 is 1. The molecule has 1 aliphatic carbocycles. The highest BCUT2D eigenvalue weighted by molar-refractivity contribution is 6.32. The minimum Gasteiger partial charge on any atom is -0.496 e. The number of nitrogens with zero attached hydrogens (tertiary/aromatic N) is 2. The number of benzene rings is 2. The summed E-state index contributed by atoms with van der Waals surface area (Å²) in [4.78, 5) is 27.9. The van der Waals surface area contributed by atoms with Crippen molar-refractivity contribution in [1.29, 1.82) is 0 Å². The standard InChI is InChI=1S/C24H27N3O4/c1-4-31-12-11-26(2)13-27-16-9-6-10-17(30-3)19(16)20-21-18(23(28)25-24(21)29)14-7-5-8-15(14)22(20)27/h6,9-10H,4-5,7-8,11-13H2,1-3H3,(H,25,28,29). The summed E-state index contributed by atoms with van der Waals surface area (Å²) in [5.74, 6) is 0.129. The summed E-state index contributed by atoms with van der Waals surface area (Å²) in [6, 6.07) is 5.96. The molecule has 2 heterocycles. The van der Waals surface area contributed by atoms with Crippen molar-refractivity contribution in [3.8, 4) is 5.75 Å². The number of imide groups is 1. The maximum absolute atomic E-state index is 12.9. The van der Waals surface area contributed by atoms with Crippen LogP contribution in [-0.4, -0.2) is 55.2 Å². The molecule has 162 valence electrons. The number of aryl methyl sites for hydroxylation is 1. The van der Waals surface area contributed by atoms with Gasteiger partial charge in [0.25, 0.3) is 11.8 Å². The van der Waals surface area contributed by atoms with E-state index in [4.69, 9.17) is 9.47 Å². The number of amides is 2. The van der Waals surface area contributed by atoms with E-state index in [0.717, 1.165) is 53.2 Å². The Morgan fingerprint density at radius 2 is 1.87 bits per heavy atom. The van der Waals surface area contributed by atoms with E-state index in [2.05, 4.69) is 27.9 Å². The summed E-state index contributed by atoms with van der Waals surface area (Å²) in [6.07, 6.45) is 2.72. The van der Waals surface area contributed by atoms with Crippen LogP contribution < -0.4 is 10.1 Å². The Morgan fingerprint density at radius 3 is 2.65 bits per heavy atom. The molecule has 2 aromatic carbocycles. The first-order valence-corrected chi connectivity index (χ1v) is 10.8. The first-order valence-electron chi connectivity index (χ1n) is 10.8. The predicted octanol–water partition coefficient (Wildman–Crippen LogP) is 3.10. The third-order valence-corrected chi connectivity index (χ3v) is 6.46. The Bertz CT molecular complexity index is 1230. The molecule has 2 amide bonds. The van der Waals surface area contributed by atoms with Crippen LogP contribution >= 0.6 is 0 Å². The molecule has 31 heavy (non-hydrogen) atoms. The molecule has 3 aromatic rings. The highest BCUT2D eigenvalue weighted by atomic mass is 16.5. The number of hydrogen-bond acceptors (Lipinski definition) is 5. The number of carbonyl (C=O) groups is 2. The zero-order valence-corrected chi connectivity index (χ0v) is 18.2. The van der Waals surface area contributed by atoms with Crippen molar-refractivity contribution in [2.24, 2.45) is 0 Å². The second-order valence-corrected chi connectivity index (χ2v) is 8.27. The van der Waals surface area contributed by atoms with E-state index in [0.29, 0.717) is 36.8 Å². The third-order valence-electron chi connectivity index (χ3n) is 6.46. The van der Waals surface area contributed by atoms with Crippen molar-refractivity contribution >= 4 is 33.6 Å². The van der Waals surface area contributed by atoms with Gasteiger partial charge in [-0.15, -0.1) is 0 Å². The Labute approximate surface area is 180 Å². The van der Waals surface area contributed by atoms with E-state index < -0.39 is 0 Å². The van der Waals surface area contributed by atoms with E-state index in [1.54, 1.807) is 7.11 Å².